The van der Waals surface area contributed by atoms with Crippen LogP contribution in [0.3, 0.4) is 0 Å². The second-order valence-electron chi connectivity index (χ2n) is 7.05. The van der Waals surface area contributed by atoms with Gasteiger partial charge in [0.05, 0.1) is 15.8 Å². The Bertz CT molecular complexity index is 1230. The van der Waals surface area contributed by atoms with Crippen LogP contribution >= 0.6 is 23.6 Å². The molecule has 0 atom stereocenters. The van der Waals surface area contributed by atoms with Gasteiger partial charge in [0.1, 0.15) is 5.65 Å². The first-order valence-corrected chi connectivity index (χ1v) is 9.94. The first-order chi connectivity index (χ1) is 12.5. The van der Waals surface area contributed by atoms with Gasteiger partial charge in [-0.15, -0.1) is 11.3 Å². The molecule has 5 heteroatoms. The average molecular weight is 381 g/mol. The molecule has 0 N–H and O–H groups in total. The third-order valence-electron chi connectivity index (χ3n) is 4.52. The molecule has 0 saturated heterocycles. The van der Waals surface area contributed by atoms with Gasteiger partial charge in [-0.05, 0) is 42.8 Å². The molecule has 4 rings (SSSR count). The Balaban J connectivity index is 2.20. The van der Waals surface area contributed by atoms with E-state index >= 15 is 0 Å². The predicted molar refractivity (Wildman–Crippen MR) is 113 cm³/mol. The summed E-state index contributed by atoms with van der Waals surface area (Å²) in [7, 11) is 0. The summed E-state index contributed by atoms with van der Waals surface area (Å²) in [5.41, 5.74) is 4.15. The molecule has 2 aromatic carbocycles. The van der Waals surface area contributed by atoms with Crippen molar-refractivity contribution in [3.05, 3.63) is 68.4 Å². The first-order valence-electron chi connectivity index (χ1n) is 8.71. The van der Waals surface area contributed by atoms with Gasteiger partial charge in [-0.2, -0.15) is 0 Å². The topological polar surface area (TPSA) is 26.4 Å². The zero-order valence-electron chi connectivity index (χ0n) is 15.0. The highest BCUT2D eigenvalue weighted by molar-refractivity contribution is 7.73. The molecule has 3 nitrogen and oxygen atoms in total. The van der Waals surface area contributed by atoms with Gasteiger partial charge in [0, 0.05) is 6.54 Å². The van der Waals surface area contributed by atoms with Crippen LogP contribution in [-0.2, 0) is 6.54 Å². The van der Waals surface area contributed by atoms with E-state index < -0.39 is 0 Å². The highest BCUT2D eigenvalue weighted by Gasteiger charge is 2.18. The smallest absolute Gasteiger partial charge is 0.261 e. The van der Waals surface area contributed by atoms with E-state index in [0.717, 1.165) is 25.6 Å². The summed E-state index contributed by atoms with van der Waals surface area (Å²) >= 11 is 7.28. The van der Waals surface area contributed by atoms with Gasteiger partial charge in [-0.1, -0.05) is 55.8 Å². The standard InChI is InChI=1S/C21H20N2OS2/c1-13(2)12-22-19-18(15-10-8-14(3)9-11-15)26-21(25)23(19)17-7-5-4-6-16(17)20(22)24/h4-11,13H,12H2,1-3H3. The van der Waals surface area contributed by atoms with E-state index in [0.29, 0.717) is 17.8 Å². The van der Waals surface area contributed by atoms with E-state index in [2.05, 4.69) is 49.4 Å². The lowest BCUT2D eigenvalue weighted by Gasteiger charge is -2.15. The number of thiazole rings is 1. The molecule has 0 aliphatic carbocycles. The van der Waals surface area contributed by atoms with Gasteiger partial charge in [0.25, 0.3) is 5.56 Å². The Kier molecular flexibility index (Phi) is 4.29. The minimum Gasteiger partial charge on any atom is -0.292 e. The van der Waals surface area contributed by atoms with Crippen molar-refractivity contribution in [2.24, 2.45) is 5.92 Å². The van der Waals surface area contributed by atoms with Crippen molar-refractivity contribution in [3.8, 4) is 10.4 Å². The van der Waals surface area contributed by atoms with Gasteiger partial charge < -0.3 is 0 Å². The minimum atomic E-state index is 0.0514. The van der Waals surface area contributed by atoms with Crippen LogP contribution in [0.5, 0.6) is 0 Å². The molecule has 0 aliphatic rings. The van der Waals surface area contributed by atoms with Gasteiger partial charge in [-0.3, -0.25) is 13.8 Å². The van der Waals surface area contributed by atoms with E-state index in [1.165, 1.54) is 5.56 Å². The molecule has 0 bridgehead atoms. The monoisotopic (exact) mass is 380 g/mol. The van der Waals surface area contributed by atoms with E-state index in [9.17, 15) is 4.79 Å². The van der Waals surface area contributed by atoms with Crippen molar-refractivity contribution in [2.45, 2.75) is 27.3 Å². The molecule has 0 spiro atoms. The number of aryl methyl sites for hydroxylation is 1. The van der Waals surface area contributed by atoms with Crippen LogP contribution in [-0.4, -0.2) is 8.97 Å². The normalized spacial score (nSPS) is 11.7. The van der Waals surface area contributed by atoms with Crippen LogP contribution in [0.4, 0.5) is 0 Å². The summed E-state index contributed by atoms with van der Waals surface area (Å²) < 4.78 is 4.73. The molecule has 0 radical (unpaired) electrons. The van der Waals surface area contributed by atoms with Crippen molar-refractivity contribution >= 4 is 40.1 Å². The number of nitrogens with zero attached hydrogens (tertiary/aromatic N) is 2. The molecule has 0 saturated carbocycles. The number of benzene rings is 2. The fourth-order valence-electron chi connectivity index (χ4n) is 3.34. The Morgan fingerprint density at radius 1 is 1.08 bits per heavy atom. The quantitative estimate of drug-likeness (QED) is 0.428. The van der Waals surface area contributed by atoms with Crippen LogP contribution in [0.25, 0.3) is 27.0 Å². The molecule has 2 heterocycles. The predicted octanol–water partition coefficient (Wildman–Crippen LogP) is 5.68. The number of hydrogen-bond donors (Lipinski definition) is 0. The molecule has 0 aliphatic heterocycles. The summed E-state index contributed by atoms with van der Waals surface area (Å²) in [4.78, 5) is 14.3. The number of para-hydroxylation sites is 1. The number of hydrogen-bond acceptors (Lipinski definition) is 3. The van der Waals surface area contributed by atoms with E-state index in [-0.39, 0.29) is 5.56 Å². The fourth-order valence-corrected chi connectivity index (χ4v) is 4.77. The minimum absolute atomic E-state index is 0.0514. The summed E-state index contributed by atoms with van der Waals surface area (Å²) in [5, 5.41) is 0.713. The van der Waals surface area contributed by atoms with Crippen molar-refractivity contribution < 1.29 is 0 Å². The summed E-state index contributed by atoms with van der Waals surface area (Å²) in [6, 6.07) is 16.1. The summed E-state index contributed by atoms with van der Waals surface area (Å²) in [5.74, 6) is 0.358. The van der Waals surface area contributed by atoms with E-state index in [1.54, 1.807) is 11.3 Å². The highest BCUT2D eigenvalue weighted by atomic mass is 32.1. The maximum atomic E-state index is 13.2. The Labute approximate surface area is 161 Å². The highest BCUT2D eigenvalue weighted by Crippen LogP contribution is 2.33. The van der Waals surface area contributed by atoms with Crippen molar-refractivity contribution in [1.29, 1.82) is 0 Å². The van der Waals surface area contributed by atoms with Gasteiger partial charge in [0.2, 0.25) is 0 Å². The maximum Gasteiger partial charge on any atom is 0.261 e. The molecule has 26 heavy (non-hydrogen) atoms. The Morgan fingerprint density at radius 3 is 2.46 bits per heavy atom. The zero-order valence-corrected chi connectivity index (χ0v) is 16.7. The lowest BCUT2D eigenvalue weighted by atomic mass is 10.1. The van der Waals surface area contributed by atoms with E-state index in [4.69, 9.17) is 12.2 Å². The molecule has 4 aromatic rings. The largest absolute Gasteiger partial charge is 0.292 e. The van der Waals surface area contributed by atoms with Crippen molar-refractivity contribution in [2.75, 3.05) is 0 Å². The van der Waals surface area contributed by atoms with Gasteiger partial charge in [0.15, 0.2) is 3.95 Å². The lowest BCUT2D eigenvalue weighted by molar-refractivity contribution is 0.521. The van der Waals surface area contributed by atoms with Crippen LogP contribution in [0, 0.1) is 16.8 Å². The second-order valence-corrected chi connectivity index (χ2v) is 8.69. The average Bonchev–Trinajstić information content (AvgIpc) is 2.96. The van der Waals surface area contributed by atoms with Crippen LogP contribution in [0.1, 0.15) is 19.4 Å². The number of aromatic nitrogens is 2. The third-order valence-corrected chi connectivity index (χ3v) is 5.94. The number of rotatable bonds is 3. The molecular weight excluding hydrogens is 360 g/mol. The Morgan fingerprint density at radius 2 is 1.77 bits per heavy atom. The van der Waals surface area contributed by atoms with Crippen molar-refractivity contribution in [1.82, 2.24) is 8.97 Å². The zero-order chi connectivity index (χ0) is 18.4. The number of fused-ring (bicyclic) bond motifs is 3. The Hall–Kier alpha value is -2.24. The third kappa shape index (κ3) is 2.72. The fraction of sp³-hybridized carbons (Fsp3) is 0.238. The van der Waals surface area contributed by atoms with Gasteiger partial charge in [-0.25, -0.2) is 0 Å². The molecule has 0 fully saturated rings. The molecular formula is C21H20N2OS2. The lowest BCUT2D eigenvalue weighted by Crippen LogP contribution is -2.25. The molecule has 132 valence electrons. The van der Waals surface area contributed by atoms with E-state index in [1.807, 2.05) is 28.8 Å². The van der Waals surface area contributed by atoms with Crippen LogP contribution in [0.2, 0.25) is 0 Å². The van der Waals surface area contributed by atoms with Gasteiger partial charge >= 0.3 is 0 Å². The molecule has 2 aromatic heterocycles. The summed E-state index contributed by atoms with van der Waals surface area (Å²) in [6.45, 7) is 7.00. The second kappa shape index (κ2) is 6.49. The van der Waals surface area contributed by atoms with Crippen LogP contribution < -0.4 is 5.56 Å². The first kappa shape index (κ1) is 17.2. The van der Waals surface area contributed by atoms with Crippen LogP contribution in [0.15, 0.2) is 53.3 Å². The SMILES string of the molecule is Cc1ccc(-c2sc(=S)n3c4ccccc4c(=O)n(CC(C)C)c23)cc1. The molecule has 0 unspecified atom stereocenters. The molecule has 0 amide bonds. The van der Waals surface area contributed by atoms with Crippen molar-refractivity contribution in [3.63, 3.8) is 0 Å². The summed E-state index contributed by atoms with van der Waals surface area (Å²) in [6.07, 6.45) is 0. The maximum absolute atomic E-state index is 13.2.